The van der Waals surface area contributed by atoms with Gasteiger partial charge >= 0.3 is 0 Å². The third-order valence-corrected chi connectivity index (χ3v) is 6.35. The summed E-state index contributed by atoms with van der Waals surface area (Å²) in [5.74, 6) is 0.688. The van der Waals surface area contributed by atoms with Crippen LogP contribution in [0.15, 0.2) is 24.3 Å². The first-order valence-corrected chi connectivity index (χ1v) is 10.4. The van der Waals surface area contributed by atoms with Crippen molar-refractivity contribution in [1.82, 2.24) is 4.90 Å². The van der Waals surface area contributed by atoms with E-state index >= 15 is 0 Å². The molecule has 2 rings (SSSR count). The van der Waals surface area contributed by atoms with Crippen LogP contribution in [0, 0.1) is 0 Å². The third kappa shape index (κ3) is 4.50. The summed E-state index contributed by atoms with van der Waals surface area (Å²) in [4.78, 5) is 14.4. The zero-order valence-electron chi connectivity index (χ0n) is 15.0. The lowest BCUT2D eigenvalue weighted by molar-refractivity contribution is -0.133. The van der Waals surface area contributed by atoms with E-state index in [1.807, 2.05) is 26.0 Å². The number of nitrogens with zero attached hydrogens (tertiary/aromatic N) is 1. The molecule has 0 saturated carbocycles. The van der Waals surface area contributed by atoms with Crippen molar-refractivity contribution < 1.29 is 13.2 Å². The fourth-order valence-corrected chi connectivity index (χ4v) is 4.87. The van der Waals surface area contributed by atoms with Crippen LogP contribution in [-0.4, -0.2) is 49.4 Å². The Labute approximate surface area is 145 Å². The molecule has 1 fully saturated rings. The highest BCUT2D eigenvalue weighted by molar-refractivity contribution is 7.91. The summed E-state index contributed by atoms with van der Waals surface area (Å²) in [6.45, 7) is 8.53. The van der Waals surface area contributed by atoms with Gasteiger partial charge in [0.15, 0.2) is 9.84 Å². The number of sulfone groups is 1. The van der Waals surface area contributed by atoms with Gasteiger partial charge in [0.05, 0.1) is 11.5 Å². The Bertz CT molecular complexity index is 668. The minimum Gasteiger partial charge on any atom is -0.374 e. The van der Waals surface area contributed by atoms with Crippen LogP contribution < -0.4 is 5.32 Å². The lowest BCUT2D eigenvalue weighted by Crippen LogP contribution is -2.47. The molecule has 0 bridgehead atoms. The molecule has 1 aromatic carbocycles. The van der Waals surface area contributed by atoms with E-state index in [0.717, 1.165) is 5.69 Å². The zero-order chi connectivity index (χ0) is 17.9. The molecule has 0 aromatic heterocycles. The fourth-order valence-electron chi connectivity index (χ4n) is 3.14. The van der Waals surface area contributed by atoms with Crippen LogP contribution in [0.1, 0.15) is 45.6 Å². The highest BCUT2D eigenvalue weighted by Crippen LogP contribution is 2.20. The van der Waals surface area contributed by atoms with Crippen molar-refractivity contribution in [3.63, 3.8) is 0 Å². The number of carbonyl (C=O) groups is 1. The highest BCUT2D eigenvalue weighted by atomic mass is 32.2. The summed E-state index contributed by atoms with van der Waals surface area (Å²) in [5, 5.41) is 3.23. The zero-order valence-corrected chi connectivity index (χ0v) is 15.8. The molecule has 6 heteroatoms. The smallest absolute Gasteiger partial charge is 0.245 e. The number of carbonyl (C=O) groups excluding carboxylic acids is 1. The predicted octanol–water partition coefficient (Wildman–Crippen LogP) is 2.65. The summed E-state index contributed by atoms with van der Waals surface area (Å²) in [6.07, 6.45) is 0.539. The van der Waals surface area contributed by atoms with Gasteiger partial charge < -0.3 is 10.2 Å². The molecule has 0 radical (unpaired) electrons. The Kier molecular flexibility index (Phi) is 5.91. The Morgan fingerprint density at radius 2 is 1.88 bits per heavy atom. The SMILES string of the molecule is CCN(C(=O)C(C)Nc1ccc(C(C)C)cc1)C1CCS(=O)(=O)C1. The topological polar surface area (TPSA) is 66.5 Å². The predicted molar refractivity (Wildman–Crippen MR) is 98.1 cm³/mol. The third-order valence-electron chi connectivity index (χ3n) is 4.60. The average Bonchev–Trinajstić information content (AvgIpc) is 2.88. The first kappa shape index (κ1) is 18.8. The molecule has 1 aromatic rings. The van der Waals surface area contributed by atoms with E-state index in [1.54, 1.807) is 4.90 Å². The number of rotatable bonds is 6. The number of hydrogen-bond donors (Lipinski definition) is 1. The van der Waals surface area contributed by atoms with Gasteiger partial charge in [0.1, 0.15) is 6.04 Å². The largest absolute Gasteiger partial charge is 0.374 e. The second-order valence-corrected chi connectivity index (χ2v) is 9.05. The maximum atomic E-state index is 12.7. The number of anilines is 1. The van der Waals surface area contributed by atoms with Gasteiger partial charge in [0.25, 0.3) is 0 Å². The molecule has 2 atom stereocenters. The number of benzene rings is 1. The van der Waals surface area contributed by atoms with Gasteiger partial charge in [-0.1, -0.05) is 26.0 Å². The molecule has 1 heterocycles. The second-order valence-electron chi connectivity index (χ2n) is 6.82. The van der Waals surface area contributed by atoms with Crippen molar-refractivity contribution in [2.24, 2.45) is 0 Å². The lowest BCUT2D eigenvalue weighted by atomic mass is 10.0. The van der Waals surface area contributed by atoms with Crippen LogP contribution in [0.5, 0.6) is 0 Å². The Hall–Kier alpha value is -1.56. The summed E-state index contributed by atoms with van der Waals surface area (Å²) in [5.41, 5.74) is 2.15. The molecule has 24 heavy (non-hydrogen) atoms. The molecule has 134 valence electrons. The van der Waals surface area contributed by atoms with Crippen LogP contribution in [0.3, 0.4) is 0 Å². The van der Waals surface area contributed by atoms with Gasteiger partial charge in [-0.05, 0) is 43.9 Å². The maximum absolute atomic E-state index is 12.7. The minimum atomic E-state index is -3.00. The number of nitrogens with one attached hydrogen (secondary N) is 1. The van der Waals surface area contributed by atoms with Gasteiger partial charge in [-0.3, -0.25) is 4.79 Å². The van der Waals surface area contributed by atoms with Crippen molar-refractivity contribution >= 4 is 21.4 Å². The Morgan fingerprint density at radius 3 is 2.33 bits per heavy atom. The fraction of sp³-hybridized carbons (Fsp3) is 0.611. The van der Waals surface area contributed by atoms with Crippen molar-refractivity contribution in [2.45, 2.75) is 52.1 Å². The van der Waals surface area contributed by atoms with Gasteiger partial charge in [0, 0.05) is 18.3 Å². The van der Waals surface area contributed by atoms with E-state index < -0.39 is 15.9 Å². The van der Waals surface area contributed by atoms with Crippen LogP contribution >= 0.6 is 0 Å². The summed E-state index contributed by atoms with van der Waals surface area (Å²) in [6, 6.07) is 7.50. The number of amides is 1. The van der Waals surface area contributed by atoms with Crippen LogP contribution in [0.4, 0.5) is 5.69 Å². The van der Waals surface area contributed by atoms with Crippen LogP contribution in [0.2, 0.25) is 0 Å². The van der Waals surface area contributed by atoms with Crippen LogP contribution in [0.25, 0.3) is 0 Å². The molecule has 1 amide bonds. The molecule has 0 spiro atoms. The van der Waals surface area contributed by atoms with Gasteiger partial charge in [-0.15, -0.1) is 0 Å². The van der Waals surface area contributed by atoms with E-state index in [1.165, 1.54) is 5.56 Å². The molecule has 2 unspecified atom stereocenters. The molecular formula is C18H28N2O3S. The number of hydrogen-bond acceptors (Lipinski definition) is 4. The Balaban J connectivity index is 2.02. The molecule has 1 aliphatic rings. The van der Waals surface area contributed by atoms with Crippen molar-refractivity contribution in [1.29, 1.82) is 0 Å². The highest BCUT2D eigenvalue weighted by Gasteiger charge is 2.35. The molecule has 5 nitrogen and oxygen atoms in total. The minimum absolute atomic E-state index is 0.0486. The first-order chi connectivity index (χ1) is 11.2. The summed E-state index contributed by atoms with van der Waals surface area (Å²) < 4.78 is 23.4. The van der Waals surface area contributed by atoms with Gasteiger partial charge in [0.2, 0.25) is 5.91 Å². The first-order valence-electron chi connectivity index (χ1n) is 8.61. The van der Waals surface area contributed by atoms with Crippen molar-refractivity contribution in [3.05, 3.63) is 29.8 Å². The normalized spacial score (nSPS) is 20.8. The quantitative estimate of drug-likeness (QED) is 0.855. The van der Waals surface area contributed by atoms with E-state index in [9.17, 15) is 13.2 Å². The van der Waals surface area contributed by atoms with Crippen molar-refractivity contribution in [2.75, 3.05) is 23.4 Å². The molecule has 1 saturated heterocycles. The molecular weight excluding hydrogens is 324 g/mol. The van der Waals surface area contributed by atoms with Crippen LogP contribution in [-0.2, 0) is 14.6 Å². The average molecular weight is 353 g/mol. The Morgan fingerprint density at radius 1 is 1.25 bits per heavy atom. The number of likely N-dealkylation sites (N-methyl/N-ethyl adjacent to an activating group) is 1. The second kappa shape index (κ2) is 7.55. The standard InChI is InChI=1S/C18H28N2O3S/c1-5-20(17-10-11-24(22,23)12-17)18(21)14(4)19-16-8-6-15(7-9-16)13(2)3/h6-9,13-14,17,19H,5,10-12H2,1-4H3. The summed E-state index contributed by atoms with van der Waals surface area (Å²) in [7, 11) is -3.00. The summed E-state index contributed by atoms with van der Waals surface area (Å²) >= 11 is 0. The van der Waals surface area contributed by atoms with E-state index in [4.69, 9.17) is 0 Å². The monoisotopic (exact) mass is 352 g/mol. The van der Waals surface area contributed by atoms with Gasteiger partial charge in [-0.2, -0.15) is 0 Å². The molecule has 1 aliphatic heterocycles. The lowest BCUT2D eigenvalue weighted by Gasteiger charge is -2.30. The molecule has 0 aliphatic carbocycles. The van der Waals surface area contributed by atoms with E-state index in [2.05, 4.69) is 31.3 Å². The maximum Gasteiger partial charge on any atom is 0.245 e. The van der Waals surface area contributed by atoms with E-state index in [0.29, 0.717) is 18.9 Å². The van der Waals surface area contributed by atoms with E-state index in [-0.39, 0.29) is 23.5 Å². The van der Waals surface area contributed by atoms with Crippen molar-refractivity contribution in [3.8, 4) is 0 Å². The molecule has 1 N–H and O–H groups in total. The van der Waals surface area contributed by atoms with Gasteiger partial charge in [-0.25, -0.2) is 8.42 Å².